The highest BCUT2D eigenvalue weighted by Gasteiger charge is 2.25. The van der Waals surface area contributed by atoms with Gasteiger partial charge in [-0.25, -0.2) is 8.78 Å². The summed E-state index contributed by atoms with van der Waals surface area (Å²) in [7, 11) is 0. The molecular weight excluding hydrogens is 210 g/mol. The molecule has 0 atom stereocenters. The van der Waals surface area contributed by atoms with Crippen LogP contribution in [0.1, 0.15) is 32.3 Å². The van der Waals surface area contributed by atoms with Gasteiger partial charge in [-0.3, -0.25) is 0 Å². The third kappa shape index (κ3) is 2.79. The van der Waals surface area contributed by atoms with Crippen molar-refractivity contribution in [2.45, 2.75) is 33.1 Å². The van der Waals surface area contributed by atoms with E-state index >= 15 is 0 Å². The molecule has 1 nitrogen and oxygen atoms in total. The highest BCUT2D eigenvalue weighted by molar-refractivity contribution is 5.19. The summed E-state index contributed by atoms with van der Waals surface area (Å²) in [4.78, 5) is 0. The molecule has 3 heteroatoms. The van der Waals surface area contributed by atoms with Gasteiger partial charge in [0.2, 0.25) is 0 Å². The third-order valence-electron chi connectivity index (χ3n) is 3.40. The van der Waals surface area contributed by atoms with E-state index in [-0.39, 0.29) is 12.0 Å². The molecule has 1 aromatic rings. The van der Waals surface area contributed by atoms with E-state index in [2.05, 4.69) is 0 Å². The van der Waals surface area contributed by atoms with Gasteiger partial charge in [0.15, 0.2) is 11.6 Å². The first-order chi connectivity index (χ1) is 7.56. The maximum Gasteiger partial charge on any atom is 0.159 e. The monoisotopic (exact) mass is 228 g/mol. The molecule has 0 saturated heterocycles. The molecule has 0 bridgehead atoms. The van der Waals surface area contributed by atoms with E-state index < -0.39 is 11.6 Å². The molecule has 0 aliphatic heterocycles. The first kappa shape index (κ1) is 13.1. The fourth-order valence-corrected chi connectivity index (χ4v) is 1.86. The zero-order valence-electron chi connectivity index (χ0n) is 9.76. The van der Waals surface area contributed by atoms with E-state index in [1.807, 2.05) is 13.8 Å². The van der Waals surface area contributed by atoms with E-state index in [1.54, 1.807) is 6.07 Å². The third-order valence-corrected chi connectivity index (χ3v) is 3.40. The fraction of sp³-hybridized carbons (Fsp3) is 0.538. The quantitative estimate of drug-likeness (QED) is 0.819. The van der Waals surface area contributed by atoms with E-state index in [9.17, 15) is 13.9 Å². The molecule has 0 aliphatic rings. The molecule has 1 rings (SSSR count). The first-order valence-corrected chi connectivity index (χ1v) is 5.61. The Hall–Kier alpha value is -0.960. The van der Waals surface area contributed by atoms with Crippen molar-refractivity contribution in [1.29, 1.82) is 0 Å². The number of aliphatic hydroxyl groups is 1. The van der Waals surface area contributed by atoms with Crippen molar-refractivity contribution in [1.82, 2.24) is 0 Å². The van der Waals surface area contributed by atoms with Gasteiger partial charge in [0.05, 0.1) is 0 Å². The van der Waals surface area contributed by atoms with Crippen LogP contribution in [-0.2, 0) is 6.42 Å². The van der Waals surface area contributed by atoms with Gasteiger partial charge in [0.1, 0.15) is 0 Å². The highest BCUT2D eigenvalue weighted by atomic mass is 19.2. The first-order valence-electron chi connectivity index (χ1n) is 5.61. The molecule has 0 spiro atoms. The molecule has 1 N–H and O–H groups in total. The maximum atomic E-state index is 13.0. The molecule has 0 saturated carbocycles. The summed E-state index contributed by atoms with van der Waals surface area (Å²) in [6.45, 7) is 4.07. The van der Waals surface area contributed by atoms with Crippen molar-refractivity contribution >= 4 is 0 Å². The van der Waals surface area contributed by atoms with Crippen LogP contribution in [0.3, 0.4) is 0 Å². The molecule has 90 valence electrons. The van der Waals surface area contributed by atoms with Crippen LogP contribution in [0.2, 0.25) is 0 Å². The van der Waals surface area contributed by atoms with Gasteiger partial charge in [-0.1, -0.05) is 19.9 Å². The Morgan fingerprint density at radius 3 is 2.19 bits per heavy atom. The minimum atomic E-state index is -0.827. The molecule has 0 amide bonds. The second kappa shape index (κ2) is 5.39. The Morgan fingerprint density at radius 2 is 1.75 bits per heavy atom. The van der Waals surface area contributed by atoms with Gasteiger partial charge in [-0.2, -0.15) is 0 Å². The van der Waals surface area contributed by atoms with Crippen molar-refractivity contribution in [2.75, 3.05) is 6.61 Å². The van der Waals surface area contributed by atoms with E-state index in [0.29, 0.717) is 6.42 Å². The Bertz CT molecular complexity index is 338. The zero-order chi connectivity index (χ0) is 12.2. The van der Waals surface area contributed by atoms with Gasteiger partial charge in [-0.05, 0) is 42.4 Å². The van der Waals surface area contributed by atoms with Gasteiger partial charge >= 0.3 is 0 Å². The minimum Gasteiger partial charge on any atom is -0.396 e. The van der Waals surface area contributed by atoms with Crippen LogP contribution in [0.4, 0.5) is 8.78 Å². The number of halogens is 2. The predicted octanol–water partition coefficient (Wildman–Crippen LogP) is 3.31. The van der Waals surface area contributed by atoms with Gasteiger partial charge in [0, 0.05) is 6.61 Å². The Balaban J connectivity index is 2.89. The summed E-state index contributed by atoms with van der Waals surface area (Å²) in [5.41, 5.74) is 0.515. The van der Waals surface area contributed by atoms with Crippen molar-refractivity contribution < 1.29 is 13.9 Å². The summed E-state index contributed by atoms with van der Waals surface area (Å²) < 4.78 is 25.8. The summed E-state index contributed by atoms with van der Waals surface area (Å²) in [6.07, 6.45) is 2.21. The number of aliphatic hydroxyl groups excluding tert-OH is 1. The van der Waals surface area contributed by atoms with Gasteiger partial charge < -0.3 is 5.11 Å². The summed E-state index contributed by atoms with van der Waals surface area (Å²) >= 11 is 0. The average molecular weight is 228 g/mol. The van der Waals surface area contributed by atoms with Crippen LogP contribution in [0.5, 0.6) is 0 Å². The number of benzene rings is 1. The van der Waals surface area contributed by atoms with Gasteiger partial charge in [0.25, 0.3) is 0 Å². The van der Waals surface area contributed by atoms with Crippen LogP contribution in [-0.4, -0.2) is 11.7 Å². The number of hydrogen-bond acceptors (Lipinski definition) is 1. The van der Waals surface area contributed by atoms with E-state index in [4.69, 9.17) is 0 Å². The molecule has 0 aliphatic carbocycles. The van der Waals surface area contributed by atoms with E-state index in [0.717, 1.165) is 24.5 Å². The SMILES string of the molecule is CCC(CC)(CO)Cc1ccc(F)c(F)c1. The number of hydrogen-bond donors (Lipinski definition) is 1. The Labute approximate surface area is 95.1 Å². The lowest BCUT2D eigenvalue weighted by molar-refractivity contribution is 0.115. The average Bonchev–Trinajstić information content (AvgIpc) is 2.31. The Kier molecular flexibility index (Phi) is 4.42. The fourth-order valence-electron chi connectivity index (χ4n) is 1.86. The largest absolute Gasteiger partial charge is 0.396 e. The van der Waals surface area contributed by atoms with Crippen LogP contribution in [0, 0.1) is 17.0 Å². The molecule has 16 heavy (non-hydrogen) atoms. The second-order valence-electron chi connectivity index (χ2n) is 4.29. The van der Waals surface area contributed by atoms with Crippen LogP contribution < -0.4 is 0 Å². The van der Waals surface area contributed by atoms with Crippen molar-refractivity contribution in [2.24, 2.45) is 5.41 Å². The van der Waals surface area contributed by atoms with E-state index in [1.165, 1.54) is 6.07 Å². The zero-order valence-corrected chi connectivity index (χ0v) is 9.76. The number of rotatable bonds is 5. The standard InChI is InChI=1S/C13H18F2O/c1-3-13(4-2,9-16)8-10-5-6-11(14)12(15)7-10/h5-7,16H,3-4,8-9H2,1-2H3. The lowest BCUT2D eigenvalue weighted by Crippen LogP contribution is -2.26. The smallest absolute Gasteiger partial charge is 0.159 e. The minimum absolute atomic E-state index is 0.0684. The predicted molar refractivity (Wildman–Crippen MR) is 60.2 cm³/mol. The van der Waals surface area contributed by atoms with Crippen LogP contribution in [0.25, 0.3) is 0 Å². The molecule has 1 aromatic carbocycles. The van der Waals surface area contributed by atoms with Crippen LogP contribution >= 0.6 is 0 Å². The summed E-state index contributed by atoms with van der Waals surface area (Å²) in [6, 6.07) is 3.93. The lowest BCUT2D eigenvalue weighted by Gasteiger charge is -2.29. The topological polar surface area (TPSA) is 20.2 Å². The van der Waals surface area contributed by atoms with Gasteiger partial charge in [-0.15, -0.1) is 0 Å². The molecule has 0 radical (unpaired) electrons. The second-order valence-corrected chi connectivity index (χ2v) is 4.29. The molecule has 0 unspecified atom stereocenters. The van der Waals surface area contributed by atoms with Crippen LogP contribution in [0.15, 0.2) is 18.2 Å². The normalized spacial score (nSPS) is 11.8. The molecule has 0 aromatic heterocycles. The Morgan fingerprint density at radius 1 is 1.12 bits per heavy atom. The molecule has 0 fully saturated rings. The van der Waals surface area contributed by atoms with Crippen molar-refractivity contribution in [3.05, 3.63) is 35.4 Å². The lowest BCUT2D eigenvalue weighted by atomic mass is 9.78. The maximum absolute atomic E-state index is 13.0. The molecular formula is C13H18F2O. The summed E-state index contributed by atoms with van der Waals surface area (Å²) in [5.74, 6) is -1.65. The molecule has 0 heterocycles. The van der Waals surface area contributed by atoms with Crippen molar-refractivity contribution in [3.8, 4) is 0 Å². The highest BCUT2D eigenvalue weighted by Crippen LogP contribution is 2.30. The van der Waals surface area contributed by atoms with Crippen molar-refractivity contribution in [3.63, 3.8) is 0 Å². The summed E-state index contributed by atoms with van der Waals surface area (Å²) in [5, 5.41) is 9.39.